The second kappa shape index (κ2) is 4.37. The van der Waals surface area contributed by atoms with Gasteiger partial charge in [-0.25, -0.2) is 14.2 Å². The summed E-state index contributed by atoms with van der Waals surface area (Å²) in [6.45, 7) is 1.60. The highest BCUT2D eigenvalue weighted by atomic mass is 19.1. The monoisotopic (exact) mass is 235 g/mol. The molecule has 1 aromatic carbocycles. The van der Waals surface area contributed by atoms with E-state index < -0.39 is 11.8 Å². The van der Waals surface area contributed by atoms with Gasteiger partial charge in [-0.15, -0.1) is 0 Å². The average Bonchev–Trinajstić information content (AvgIpc) is 2.71. The van der Waals surface area contributed by atoms with Crippen LogP contribution in [0.3, 0.4) is 0 Å². The minimum Gasteiger partial charge on any atom is -0.463 e. The summed E-state index contributed by atoms with van der Waals surface area (Å²) < 4.78 is 23.2. The Morgan fingerprint density at radius 1 is 1.41 bits per heavy atom. The highest BCUT2D eigenvalue weighted by molar-refractivity contribution is 5.87. The van der Waals surface area contributed by atoms with Crippen LogP contribution in [0.2, 0.25) is 0 Å². The number of esters is 1. The van der Waals surface area contributed by atoms with Gasteiger partial charge in [-0.2, -0.15) is 0 Å². The fraction of sp³-hybridized carbons (Fsp3) is 0.167. The van der Waals surface area contributed by atoms with Crippen molar-refractivity contribution in [2.75, 3.05) is 7.11 Å². The molecule has 0 fully saturated rings. The molecule has 88 valence electrons. The van der Waals surface area contributed by atoms with E-state index in [9.17, 15) is 9.18 Å². The Kier molecular flexibility index (Phi) is 2.91. The molecule has 2 rings (SSSR count). The summed E-state index contributed by atoms with van der Waals surface area (Å²) in [6, 6.07) is 6.06. The molecule has 4 nitrogen and oxygen atoms in total. The Morgan fingerprint density at radius 3 is 2.76 bits per heavy atom. The van der Waals surface area contributed by atoms with Crippen LogP contribution in [0.1, 0.15) is 16.2 Å². The molecule has 0 saturated carbocycles. The van der Waals surface area contributed by atoms with E-state index >= 15 is 0 Å². The lowest BCUT2D eigenvalue weighted by atomic mass is 10.2. The molecule has 0 unspecified atom stereocenters. The summed E-state index contributed by atoms with van der Waals surface area (Å²) >= 11 is 0. The summed E-state index contributed by atoms with van der Waals surface area (Å²) in [5, 5.41) is 0. The maximum absolute atomic E-state index is 13.5. The van der Waals surface area contributed by atoms with Crippen molar-refractivity contribution >= 4 is 5.97 Å². The number of carbonyl (C=O) groups excluding carboxylic acids is 1. The van der Waals surface area contributed by atoms with E-state index in [0.717, 1.165) is 0 Å². The average molecular weight is 235 g/mol. The van der Waals surface area contributed by atoms with Crippen LogP contribution in [0.15, 0.2) is 28.7 Å². The Balaban J connectivity index is 2.49. The summed E-state index contributed by atoms with van der Waals surface area (Å²) in [5.74, 6) is -1.02. The quantitative estimate of drug-likeness (QED) is 0.750. The van der Waals surface area contributed by atoms with Gasteiger partial charge in [0.2, 0.25) is 11.7 Å². The number of aryl methyl sites for hydroxylation is 1. The second-order valence-corrected chi connectivity index (χ2v) is 3.40. The molecule has 0 saturated heterocycles. The van der Waals surface area contributed by atoms with E-state index in [0.29, 0.717) is 5.69 Å². The number of hydrogen-bond donors (Lipinski definition) is 0. The highest BCUT2D eigenvalue weighted by Crippen LogP contribution is 2.24. The SMILES string of the molecule is COC(=O)c1oc(-c2ccccc2F)nc1C. The van der Waals surface area contributed by atoms with Crippen LogP contribution < -0.4 is 0 Å². The normalized spacial score (nSPS) is 10.3. The minimum atomic E-state index is -0.627. The largest absolute Gasteiger partial charge is 0.463 e. The minimum absolute atomic E-state index is 0.00856. The molecule has 0 aliphatic heterocycles. The number of oxazole rings is 1. The predicted molar refractivity (Wildman–Crippen MR) is 58.0 cm³/mol. The van der Waals surface area contributed by atoms with Crippen LogP contribution in [0.5, 0.6) is 0 Å². The van der Waals surface area contributed by atoms with Crippen LogP contribution in [0.4, 0.5) is 4.39 Å². The zero-order valence-electron chi connectivity index (χ0n) is 9.36. The molecular weight excluding hydrogens is 225 g/mol. The number of aromatic nitrogens is 1. The lowest BCUT2D eigenvalue weighted by Gasteiger charge is -1.96. The number of benzene rings is 1. The van der Waals surface area contributed by atoms with E-state index in [-0.39, 0.29) is 17.2 Å². The third-order valence-corrected chi connectivity index (χ3v) is 2.27. The Hall–Kier alpha value is -2.17. The van der Waals surface area contributed by atoms with Crippen molar-refractivity contribution in [3.8, 4) is 11.5 Å². The van der Waals surface area contributed by atoms with Gasteiger partial charge in [0, 0.05) is 0 Å². The summed E-state index contributed by atoms with van der Waals surface area (Å²) in [4.78, 5) is 15.3. The molecule has 1 heterocycles. The maximum Gasteiger partial charge on any atom is 0.375 e. The van der Waals surface area contributed by atoms with Gasteiger partial charge in [-0.05, 0) is 19.1 Å². The number of ether oxygens (including phenoxy) is 1. The number of nitrogens with zero attached hydrogens (tertiary/aromatic N) is 1. The fourth-order valence-corrected chi connectivity index (χ4v) is 1.43. The van der Waals surface area contributed by atoms with Crippen molar-refractivity contribution in [3.63, 3.8) is 0 Å². The molecule has 0 N–H and O–H groups in total. The van der Waals surface area contributed by atoms with Crippen LogP contribution in [0, 0.1) is 12.7 Å². The summed E-state index contributed by atoms with van der Waals surface area (Å²) in [5.41, 5.74) is 0.584. The number of methoxy groups -OCH3 is 1. The molecule has 0 bridgehead atoms. The second-order valence-electron chi connectivity index (χ2n) is 3.40. The van der Waals surface area contributed by atoms with Crippen LogP contribution in [-0.2, 0) is 4.74 Å². The lowest BCUT2D eigenvalue weighted by molar-refractivity contribution is 0.0565. The molecule has 1 aromatic heterocycles. The first-order chi connectivity index (χ1) is 8.13. The van der Waals surface area contributed by atoms with Crippen LogP contribution in [-0.4, -0.2) is 18.1 Å². The topological polar surface area (TPSA) is 52.3 Å². The first-order valence-corrected chi connectivity index (χ1v) is 4.94. The smallest absolute Gasteiger partial charge is 0.375 e. The van der Waals surface area contributed by atoms with Gasteiger partial charge in [0.15, 0.2) is 0 Å². The van der Waals surface area contributed by atoms with Crippen LogP contribution >= 0.6 is 0 Å². The van der Waals surface area contributed by atoms with Gasteiger partial charge in [0.05, 0.1) is 18.4 Å². The third kappa shape index (κ3) is 2.04. The molecule has 0 amide bonds. The maximum atomic E-state index is 13.5. The Labute approximate surface area is 97.0 Å². The number of rotatable bonds is 2. The first kappa shape index (κ1) is 11.3. The van der Waals surface area contributed by atoms with E-state index in [2.05, 4.69) is 9.72 Å². The summed E-state index contributed by atoms with van der Waals surface area (Å²) in [6.07, 6.45) is 0. The number of halogens is 1. The van der Waals surface area contributed by atoms with Crippen molar-refractivity contribution in [1.29, 1.82) is 0 Å². The molecule has 0 atom stereocenters. The molecular formula is C12H10FNO3. The van der Waals surface area contributed by atoms with Gasteiger partial charge >= 0.3 is 5.97 Å². The van der Waals surface area contributed by atoms with Gasteiger partial charge in [-0.3, -0.25) is 0 Å². The van der Waals surface area contributed by atoms with Crippen molar-refractivity contribution in [2.24, 2.45) is 0 Å². The zero-order valence-corrected chi connectivity index (χ0v) is 9.36. The molecule has 0 aliphatic rings. The van der Waals surface area contributed by atoms with Gasteiger partial charge in [0.1, 0.15) is 5.82 Å². The number of hydrogen-bond acceptors (Lipinski definition) is 4. The molecule has 0 spiro atoms. The first-order valence-electron chi connectivity index (χ1n) is 4.94. The van der Waals surface area contributed by atoms with Crippen LogP contribution in [0.25, 0.3) is 11.5 Å². The van der Waals surface area contributed by atoms with E-state index in [1.165, 1.54) is 19.2 Å². The lowest BCUT2D eigenvalue weighted by Crippen LogP contribution is -2.00. The van der Waals surface area contributed by atoms with Crippen molar-refractivity contribution in [3.05, 3.63) is 41.5 Å². The number of carbonyl (C=O) groups is 1. The highest BCUT2D eigenvalue weighted by Gasteiger charge is 2.19. The van der Waals surface area contributed by atoms with Crippen molar-refractivity contribution in [1.82, 2.24) is 4.98 Å². The van der Waals surface area contributed by atoms with Crippen molar-refractivity contribution in [2.45, 2.75) is 6.92 Å². The molecule has 0 aliphatic carbocycles. The molecule has 0 radical (unpaired) electrons. The Morgan fingerprint density at radius 2 is 2.12 bits per heavy atom. The third-order valence-electron chi connectivity index (χ3n) is 2.27. The molecule has 2 aromatic rings. The van der Waals surface area contributed by atoms with E-state index in [1.807, 2.05) is 0 Å². The zero-order chi connectivity index (χ0) is 12.4. The standard InChI is InChI=1S/C12H10FNO3/c1-7-10(12(15)16-2)17-11(14-7)8-5-3-4-6-9(8)13/h3-6H,1-2H3. The summed E-state index contributed by atoms with van der Waals surface area (Å²) in [7, 11) is 1.24. The fourth-order valence-electron chi connectivity index (χ4n) is 1.43. The molecule has 17 heavy (non-hydrogen) atoms. The van der Waals surface area contributed by atoms with E-state index in [4.69, 9.17) is 4.42 Å². The van der Waals surface area contributed by atoms with Gasteiger partial charge < -0.3 is 9.15 Å². The Bertz CT molecular complexity index is 563. The predicted octanol–water partition coefficient (Wildman–Crippen LogP) is 2.58. The van der Waals surface area contributed by atoms with Crippen molar-refractivity contribution < 1.29 is 18.3 Å². The van der Waals surface area contributed by atoms with Gasteiger partial charge in [-0.1, -0.05) is 12.1 Å². The van der Waals surface area contributed by atoms with Gasteiger partial charge in [0.25, 0.3) is 0 Å². The van der Waals surface area contributed by atoms with E-state index in [1.54, 1.807) is 19.1 Å². The molecule has 5 heteroatoms.